The van der Waals surface area contributed by atoms with Crippen molar-refractivity contribution in [3.05, 3.63) is 83.7 Å². The van der Waals surface area contributed by atoms with Crippen molar-refractivity contribution in [3.8, 4) is 11.5 Å². The van der Waals surface area contributed by atoms with E-state index >= 15 is 0 Å². The molecule has 5 rings (SSSR count). The number of ketones is 1. The van der Waals surface area contributed by atoms with Gasteiger partial charge in [0.05, 0.1) is 14.2 Å². The van der Waals surface area contributed by atoms with Crippen LogP contribution in [0.5, 0.6) is 11.5 Å². The summed E-state index contributed by atoms with van der Waals surface area (Å²) in [6.45, 7) is 0.109. The summed E-state index contributed by atoms with van der Waals surface area (Å²) in [4.78, 5) is 17.4. The fourth-order valence-corrected chi connectivity index (χ4v) is 4.48. The Kier molecular flexibility index (Phi) is 6.60. The van der Waals surface area contributed by atoms with E-state index in [2.05, 4.69) is 15.5 Å². The standard InChI is InChI=1S/C28H27N3O5/c1-34-19-13-18(14-20(15-19)35-2)30-27(26-22-9-3-4-11-24(22)36-31-26)28(33)23-16-29-25-17(8-6-12-32)7-5-10-21(23)25/h3-5,7,9-11,13-16,27,29-30,32H,6,8,12H2,1-2H3. The Bertz CT molecular complexity index is 1500. The van der Waals surface area contributed by atoms with Crippen LogP contribution in [-0.4, -0.2) is 41.9 Å². The molecule has 0 aliphatic rings. The molecule has 1 atom stereocenters. The van der Waals surface area contributed by atoms with Gasteiger partial charge in [0.2, 0.25) is 0 Å². The second-order valence-corrected chi connectivity index (χ2v) is 8.48. The third-order valence-corrected chi connectivity index (χ3v) is 6.27. The number of nitrogens with zero attached hydrogens (tertiary/aromatic N) is 1. The van der Waals surface area contributed by atoms with Crippen LogP contribution in [0.3, 0.4) is 0 Å². The van der Waals surface area contributed by atoms with Gasteiger partial charge in [-0.05, 0) is 30.5 Å². The van der Waals surface area contributed by atoms with Crippen LogP contribution < -0.4 is 14.8 Å². The fourth-order valence-electron chi connectivity index (χ4n) is 4.48. The lowest BCUT2D eigenvalue weighted by molar-refractivity contribution is 0.0968. The highest BCUT2D eigenvalue weighted by Crippen LogP contribution is 2.34. The number of methoxy groups -OCH3 is 2. The van der Waals surface area contributed by atoms with Crippen LogP contribution in [0, 0.1) is 0 Å². The van der Waals surface area contributed by atoms with Gasteiger partial charge in [-0.25, -0.2) is 0 Å². The maximum Gasteiger partial charge on any atom is 0.193 e. The number of benzene rings is 3. The molecule has 3 aromatic carbocycles. The van der Waals surface area contributed by atoms with Gasteiger partial charge in [-0.3, -0.25) is 4.79 Å². The molecule has 8 nitrogen and oxygen atoms in total. The van der Waals surface area contributed by atoms with Crippen LogP contribution in [0.1, 0.15) is 34.1 Å². The van der Waals surface area contributed by atoms with E-state index in [-0.39, 0.29) is 12.4 Å². The van der Waals surface area contributed by atoms with Crippen molar-refractivity contribution in [1.29, 1.82) is 0 Å². The van der Waals surface area contributed by atoms with Gasteiger partial charge in [0.15, 0.2) is 11.4 Å². The van der Waals surface area contributed by atoms with Gasteiger partial charge in [0.1, 0.15) is 23.2 Å². The molecule has 0 aliphatic heterocycles. The molecule has 36 heavy (non-hydrogen) atoms. The number of nitrogens with one attached hydrogen (secondary N) is 2. The average molecular weight is 486 g/mol. The average Bonchev–Trinajstić information content (AvgIpc) is 3.55. The highest BCUT2D eigenvalue weighted by Gasteiger charge is 2.29. The molecule has 0 spiro atoms. The van der Waals surface area contributed by atoms with E-state index in [0.717, 1.165) is 21.9 Å². The number of hydrogen-bond acceptors (Lipinski definition) is 7. The minimum Gasteiger partial charge on any atom is -0.497 e. The molecule has 8 heteroatoms. The molecule has 5 aromatic rings. The summed E-state index contributed by atoms with van der Waals surface area (Å²) in [5.41, 5.74) is 4.20. The predicted octanol–water partition coefficient (Wildman–Crippen LogP) is 5.29. The highest BCUT2D eigenvalue weighted by atomic mass is 16.5. The number of Topliss-reactive ketones (excluding diaryl/α,β-unsaturated/α-hetero) is 1. The first-order chi connectivity index (χ1) is 17.6. The number of aliphatic hydroxyl groups is 1. The maximum atomic E-state index is 14.1. The quantitative estimate of drug-likeness (QED) is 0.231. The minimum absolute atomic E-state index is 0.109. The molecule has 2 heterocycles. The molecule has 0 fully saturated rings. The van der Waals surface area contributed by atoms with Gasteiger partial charge in [-0.15, -0.1) is 0 Å². The van der Waals surface area contributed by atoms with Gasteiger partial charge in [0, 0.05) is 58.5 Å². The van der Waals surface area contributed by atoms with E-state index in [1.807, 2.05) is 42.5 Å². The molecule has 2 aromatic heterocycles. The van der Waals surface area contributed by atoms with Crippen molar-refractivity contribution in [1.82, 2.24) is 10.1 Å². The largest absolute Gasteiger partial charge is 0.497 e. The van der Waals surface area contributed by atoms with Gasteiger partial charge in [0.25, 0.3) is 0 Å². The molecule has 0 radical (unpaired) electrons. The summed E-state index contributed by atoms with van der Waals surface area (Å²) < 4.78 is 16.4. The third kappa shape index (κ3) is 4.38. The van der Waals surface area contributed by atoms with Crippen molar-refractivity contribution in [2.75, 3.05) is 26.1 Å². The number of carbonyl (C=O) groups is 1. The lowest BCUT2D eigenvalue weighted by Crippen LogP contribution is -2.22. The number of aromatic nitrogens is 2. The van der Waals surface area contributed by atoms with Crippen molar-refractivity contribution in [2.45, 2.75) is 18.9 Å². The Morgan fingerprint density at radius 2 is 1.81 bits per heavy atom. The van der Waals surface area contributed by atoms with Gasteiger partial charge >= 0.3 is 0 Å². The summed E-state index contributed by atoms with van der Waals surface area (Å²) in [5, 5.41) is 18.5. The van der Waals surface area contributed by atoms with Crippen molar-refractivity contribution >= 4 is 33.3 Å². The van der Waals surface area contributed by atoms with Crippen LogP contribution in [0.4, 0.5) is 5.69 Å². The number of para-hydroxylation sites is 2. The van der Waals surface area contributed by atoms with E-state index in [9.17, 15) is 9.90 Å². The van der Waals surface area contributed by atoms with Crippen LogP contribution >= 0.6 is 0 Å². The molecule has 184 valence electrons. The SMILES string of the molecule is COc1cc(NC(C(=O)c2c[nH]c3c(CCCO)cccc23)c2noc3ccccc23)cc(OC)c1. The fraction of sp³-hybridized carbons (Fsp3) is 0.214. The molecule has 0 saturated heterocycles. The zero-order chi connectivity index (χ0) is 25.1. The predicted molar refractivity (Wildman–Crippen MR) is 138 cm³/mol. The first kappa shape index (κ1) is 23.4. The molecule has 0 aliphatic carbocycles. The van der Waals surface area contributed by atoms with Crippen molar-refractivity contribution in [3.63, 3.8) is 0 Å². The number of aryl methyl sites for hydroxylation is 1. The molecular weight excluding hydrogens is 458 g/mol. The number of carbonyl (C=O) groups excluding carboxylic acids is 1. The molecular formula is C28H27N3O5. The Balaban J connectivity index is 1.61. The number of ether oxygens (including phenoxy) is 2. The minimum atomic E-state index is -0.842. The number of H-pyrrole nitrogens is 1. The lowest BCUT2D eigenvalue weighted by Gasteiger charge is -2.18. The third-order valence-electron chi connectivity index (χ3n) is 6.27. The molecule has 0 amide bonds. The molecule has 1 unspecified atom stereocenters. The topological polar surface area (TPSA) is 110 Å². The second kappa shape index (κ2) is 10.1. The van der Waals surface area contributed by atoms with Gasteiger partial charge in [-0.2, -0.15) is 0 Å². The highest BCUT2D eigenvalue weighted by molar-refractivity contribution is 6.12. The van der Waals surface area contributed by atoms with E-state index in [0.29, 0.717) is 46.9 Å². The Labute approximate surface area is 207 Å². The molecule has 3 N–H and O–H groups in total. The summed E-state index contributed by atoms with van der Waals surface area (Å²) in [6.07, 6.45) is 3.09. The number of rotatable bonds is 10. The summed E-state index contributed by atoms with van der Waals surface area (Å²) in [5.74, 6) is 1.02. The summed E-state index contributed by atoms with van der Waals surface area (Å²) in [6, 6.07) is 17.8. The lowest BCUT2D eigenvalue weighted by atomic mass is 9.97. The van der Waals surface area contributed by atoms with Crippen molar-refractivity contribution < 1.29 is 23.9 Å². The summed E-state index contributed by atoms with van der Waals surface area (Å²) >= 11 is 0. The second-order valence-electron chi connectivity index (χ2n) is 8.48. The number of hydrogen-bond donors (Lipinski definition) is 3. The number of fused-ring (bicyclic) bond motifs is 2. The zero-order valence-corrected chi connectivity index (χ0v) is 20.1. The van der Waals surface area contributed by atoms with Crippen LogP contribution in [0.15, 0.2) is 71.4 Å². The summed E-state index contributed by atoms with van der Waals surface area (Å²) in [7, 11) is 3.15. The van der Waals surface area contributed by atoms with Gasteiger partial charge < -0.3 is 29.4 Å². The zero-order valence-electron chi connectivity index (χ0n) is 20.1. The smallest absolute Gasteiger partial charge is 0.193 e. The van der Waals surface area contributed by atoms with Crippen LogP contribution in [0.25, 0.3) is 21.9 Å². The number of anilines is 1. The van der Waals surface area contributed by atoms with E-state index < -0.39 is 6.04 Å². The first-order valence-corrected chi connectivity index (χ1v) is 11.7. The van der Waals surface area contributed by atoms with Crippen LogP contribution in [-0.2, 0) is 6.42 Å². The van der Waals surface area contributed by atoms with E-state index in [1.54, 1.807) is 38.6 Å². The number of aliphatic hydroxyl groups excluding tert-OH is 1. The van der Waals surface area contributed by atoms with E-state index in [4.69, 9.17) is 14.0 Å². The normalized spacial score (nSPS) is 12.1. The Morgan fingerprint density at radius 3 is 2.56 bits per heavy atom. The maximum absolute atomic E-state index is 14.1. The first-order valence-electron chi connectivity index (χ1n) is 11.7. The molecule has 0 bridgehead atoms. The van der Waals surface area contributed by atoms with E-state index in [1.165, 1.54) is 0 Å². The number of aromatic amines is 1. The van der Waals surface area contributed by atoms with Gasteiger partial charge in [-0.1, -0.05) is 35.5 Å². The Morgan fingerprint density at radius 1 is 1.06 bits per heavy atom. The monoisotopic (exact) mass is 485 g/mol. The molecule has 0 saturated carbocycles. The van der Waals surface area contributed by atoms with Crippen molar-refractivity contribution in [2.24, 2.45) is 0 Å². The van der Waals surface area contributed by atoms with Crippen LogP contribution in [0.2, 0.25) is 0 Å². The Hall–Kier alpha value is -4.30.